The number of ether oxygens (including phenoxy) is 2. The summed E-state index contributed by atoms with van der Waals surface area (Å²) in [5.74, 6) is 1.14. The Labute approximate surface area is 197 Å². The number of carbonyl (C=O) groups excluding carboxylic acids is 1. The highest BCUT2D eigenvalue weighted by atomic mass is 16.5. The zero-order chi connectivity index (χ0) is 23.7. The predicted molar refractivity (Wildman–Crippen MR) is 129 cm³/mol. The first-order chi connectivity index (χ1) is 16.6. The smallest absolute Gasteiger partial charge is 0.261 e. The predicted octanol–water partition coefficient (Wildman–Crippen LogP) is 3.59. The zero-order valence-electron chi connectivity index (χ0n) is 19.1. The number of hydrogen-bond donors (Lipinski definition) is 0. The van der Waals surface area contributed by atoms with Crippen LogP contribution in [0.4, 0.5) is 0 Å². The van der Waals surface area contributed by atoms with E-state index in [0.717, 1.165) is 16.7 Å². The largest absolute Gasteiger partial charge is 0.493 e. The lowest BCUT2D eigenvalue weighted by atomic mass is 9.87. The highest BCUT2D eigenvalue weighted by Gasteiger charge is 2.33. The minimum Gasteiger partial charge on any atom is -0.493 e. The van der Waals surface area contributed by atoms with Gasteiger partial charge in [0, 0.05) is 6.54 Å². The van der Waals surface area contributed by atoms with Crippen molar-refractivity contribution in [3.63, 3.8) is 0 Å². The maximum atomic E-state index is 13.6. The van der Waals surface area contributed by atoms with Crippen molar-refractivity contribution < 1.29 is 14.3 Å². The summed E-state index contributed by atoms with van der Waals surface area (Å²) in [6, 6.07) is 20.7. The molecule has 172 valence electrons. The molecule has 3 aromatic carbocycles. The molecule has 0 bridgehead atoms. The third-order valence-corrected chi connectivity index (χ3v) is 6.35. The number of amides is 1. The van der Waals surface area contributed by atoms with Gasteiger partial charge in [0.15, 0.2) is 11.5 Å². The second-order valence-electron chi connectivity index (χ2n) is 8.25. The van der Waals surface area contributed by atoms with Crippen LogP contribution in [0.3, 0.4) is 0 Å². The van der Waals surface area contributed by atoms with Gasteiger partial charge in [-0.25, -0.2) is 4.98 Å². The molecule has 0 aliphatic carbocycles. The minimum absolute atomic E-state index is 0.0807. The van der Waals surface area contributed by atoms with Crippen LogP contribution in [0.2, 0.25) is 0 Å². The summed E-state index contributed by atoms with van der Waals surface area (Å²) in [6.45, 7) is 0.444. The van der Waals surface area contributed by atoms with Crippen LogP contribution in [0.25, 0.3) is 10.9 Å². The van der Waals surface area contributed by atoms with Crippen molar-refractivity contribution in [2.45, 2.75) is 19.0 Å². The van der Waals surface area contributed by atoms with Crippen LogP contribution >= 0.6 is 0 Å². The van der Waals surface area contributed by atoms with Gasteiger partial charge < -0.3 is 14.4 Å². The average Bonchev–Trinajstić information content (AvgIpc) is 2.89. The van der Waals surface area contributed by atoms with E-state index in [9.17, 15) is 9.59 Å². The van der Waals surface area contributed by atoms with Crippen LogP contribution in [-0.4, -0.2) is 41.1 Å². The third kappa shape index (κ3) is 3.79. The third-order valence-electron chi connectivity index (χ3n) is 6.35. The number of carbonyl (C=O) groups is 1. The van der Waals surface area contributed by atoms with Crippen LogP contribution in [0.5, 0.6) is 11.5 Å². The fraction of sp³-hybridized carbons (Fsp3) is 0.222. The van der Waals surface area contributed by atoms with Crippen molar-refractivity contribution in [1.29, 1.82) is 0 Å². The van der Waals surface area contributed by atoms with Crippen molar-refractivity contribution in [1.82, 2.24) is 14.5 Å². The quantitative estimate of drug-likeness (QED) is 0.460. The summed E-state index contributed by atoms with van der Waals surface area (Å²) >= 11 is 0. The lowest BCUT2D eigenvalue weighted by Crippen LogP contribution is -2.43. The summed E-state index contributed by atoms with van der Waals surface area (Å²) in [7, 11) is 3.22. The summed E-state index contributed by atoms with van der Waals surface area (Å²) in [6.07, 6.45) is 2.13. The van der Waals surface area contributed by atoms with E-state index in [4.69, 9.17) is 9.47 Å². The zero-order valence-corrected chi connectivity index (χ0v) is 19.1. The van der Waals surface area contributed by atoms with Gasteiger partial charge in [-0.15, -0.1) is 0 Å². The Hall–Kier alpha value is -4.13. The number of para-hydroxylation sites is 1. The molecule has 0 spiro atoms. The molecule has 0 radical (unpaired) electrons. The molecule has 0 fully saturated rings. The Morgan fingerprint density at radius 1 is 1.00 bits per heavy atom. The number of hydrogen-bond acceptors (Lipinski definition) is 5. The number of fused-ring (bicyclic) bond motifs is 2. The number of benzene rings is 3. The topological polar surface area (TPSA) is 73.7 Å². The van der Waals surface area contributed by atoms with Gasteiger partial charge in [0.25, 0.3) is 5.56 Å². The average molecular weight is 456 g/mol. The molecule has 0 saturated carbocycles. The van der Waals surface area contributed by atoms with Crippen LogP contribution in [0, 0.1) is 0 Å². The van der Waals surface area contributed by atoms with Gasteiger partial charge in [0.2, 0.25) is 5.91 Å². The highest BCUT2D eigenvalue weighted by molar-refractivity contribution is 5.80. The van der Waals surface area contributed by atoms with Gasteiger partial charge in [-0.2, -0.15) is 0 Å². The Morgan fingerprint density at radius 3 is 2.47 bits per heavy atom. The molecule has 7 heteroatoms. The molecule has 7 nitrogen and oxygen atoms in total. The van der Waals surface area contributed by atoms with E-state index in [0.29, 0.717) is 35.4 Å². The summed E-state index contributed by atoms with van der Waals surface area (Å²) in [5.41, 5.74) is 3.49. The van der Waals surface area contributed by atoms with E-state index in [-0.39, 0.29) is 24.1 Å². The van der Waals surface area contributed by atoms with Crippen molar-refractivity contribution in [2.75, 3.05) is 20.8 Å². The fourth-order valence-corrected chi connectivity index (χ4v) is 4.66. The molecular formula is C27H25N3O4. The molecule has 1 aromatic heterocycles. The monoisotopic (exact) mass is 455 g/mol. The molecule has 1 amide bonds. The molecule has 0 saturated heterocycles. The summed E-state index contributed by atoms with van der Waals surface area (Å²) in [4.78, 5) is 32.8. The first-order valence-electron chi connectivity index (χ1n) is 11.1. The molecule has 2 heterocycles. The first kappa shape index (κ1) is 21.7. The number of methoxy groups -OCH3 is 2. The van der Waals surface area contributed by atoms with Crippen LogP contribution in [-0.2, 0) is 17.8 Å². The van der Waals surface area contributed by atoms with Crippen molar-refractivity contribution in [3.8, 4) is 11.5 Å². The second-order valence-corrected chi connectivity index (χ2v) is 8.25. The molecule has 1 atom stereocenters. The van der Waals surface area contributed by atoms with Crippen LogP contribution in [0.1, 0.15) is 22.7 Å². The van der Waals surface area contributed by atoms with Gasteiger partial charge in [0.05, 0.1) is 37.5 Å². The summed E-state index contributed by atoms with van der Waals surface area (Å²) < 4.78 is 12.4. The maximum absolute atomic E-state index is 13.6. The Morgan fingerprint density at radius 2 is 1.71 bits per heavy atom. The van der Waals surface area contributed by atoms with E-state index in [1.165, 1.54) is 10.9 Å². The molecule has 0 N–H and O–H groups in total. The SMILES string of the molecule is COc1cc2c(cc1OC)[C@H](c1ccccc1)N(C(=O)Cn1cnc3ccccc3c1=O)CC2. The standard InChI is InChI=1S/C27H25N3O4/c1-33-23-14-19-12-13-30(26(18-8-4-3-5-9-18)21(19)15-24(23)34-2)25(31)16-29-17-28-22-11-7-6-10-20(22)27(29)32/h3-11,14-15,17,26H,12-13,16H2,1-2H3/t26-/m0/s1. The molecule has 34 heavy (non-hydrogen) atoms. The Bertz CT molecular complexity index is 1410. The number of rotatable bonds is 5. The van der Waals surface area contributed by atoms with E-state index >= 15 is 0 Å². The normalized spacial score (nSPS) is 15.1. The van der Waals surface area contributed by atoms with Crippen molar-refractivity contribution in [3.05, 3.63) is 100 Å². The minimum atomic E-state index is -0.304. The van der Waals surface area contributed by atoms with Crippen molar-refractivity contribution in [2.24, 2.45) is 0 Å². The Kier molecular flexibility index (Phi) is 5.76. The molecular weight excluding hydrogens is 430 g/mol. The van der Waals surface area contributed by atoms with Gasteiger partial charge in [-0.05, 0) is 47.4 Å². The molecule has 1 aliphatic heterocycles. The first-order valence-corrected chi connectivity index (χ1v) is 11.1. The lowest BCUT2D eigenvalue weighted by molar-refractivity contribution is -0.134. The van der Waals surface area contributed by atoms with Gasteiger partial charge in [-0.3, -0.25) is 14.2 Å². The van der Waals surface area contributed by atoms with Crippen LogP contribution < -0.4 is 15.0 Å². The maximum Gasteiger partial charge on any atom is 0.261 e. The van der Waals surface area contributed by atoms with Crippen LogP contribution in [0.15, 0.2) is 77.9 Å². The highest BCUT2D eigenvalue weighted by Crippen LogP contribution is 2.41. The van der Waals surface area contributed by atoms with Crippen molar-refractivity contribution >= 4 is 16.8 Å². The molecule has 1 aliphatic rings. The number of aromatic nitrogens is 2. The fourth-order valence-electron chi connectivity index (χ4n) is 4.66. The van der Waals surface area contributed by atoms with E-state index in [2.05, 4.69) is 4.98 Å². The van der Waals surface area contributed by atoms with Gasteiger partial charge in [0.1, 0.15) is 6.54 Å². The van der Waals surface area contributed by atoms with Gasteiger partial charge >= 0.3 is 0 Å². The second kappa shape index (κ2) is 9.02. The molecule has 5 rings (SSSR count). The van der Waals surface area contributed by atoms with E-state index < -0.39 is 0 Å². The van der Waals surface area contributed by atoms with E-state index in [1.807, 2.05) is 53.4 Å². The molecule has 4 aromatic rings. The molecule has 0 unspecified atom stereocenters. The summed E-state index contributed by atoms with van der Waals surface area (Å²) in [5, 5.41) is 0.498. The van der Waals surface area contributed by atoms with E-state index in [1.54, 1.807) is 32.4 Å². The lowest BCUT2D eigenvalue weighted by Gasteiger charge is -2.38. The number of nitrogens with zero attached hydrogens (tertiary/aromatic N) is 3. The Balaban J connectivity index is 1.55. The van der Waals surface area contributed by atoms with Gasteiger partial charge in [-0.1, -0.05) is 42.5 Å².